The van der Waals surface area contributed by atoms with Crippen LogP contribution in [0.4, 0.5) is 13.2 Å². The summed E-state index contributed by atoms with van der Waals surface area (Å²) in [7, 11) is 0. The van der Waals surface area contributed by atoms with Crippen molar-refractivity contribution in [1.29, 1.82) is 0 Å². The quantitative estimate of drug-likeness (QED) is 0.739. The molecule has 0 aromatic rings. The molecule has 6 heteroatoms. The predicted octanol–water partition coefficient (Wildman–Crippen LogP) is 2.05. The fraction of sp³-hybridized carbons (Fsp3) is 1.00. The Morgan fingerprint density at radius 1 is 1.47 bits per heavy atom. The molecule has 0 aromatic heterocycles. The minimum absolute atomic E-state index is 0.0383. The predicted molar refractivity (Wildman–Crippen MR) is 57.5 cm³/mol. The maximum atomic E-state index is 11.8. The second-order valence-corrected chi connectivity index (χ2v) is 4.86. The van der Waals surface area contributed by atoms with Gasteiger partial charge in [-0.15, -0.1) is 13.2 Å². The van der Waals surface area contributed by atoms with Crippen LogP contribution in [0.15, 0.2) is 0 Å². The van der Waals surface area contributed by atoms with E-state index >= 15 is 0 Å². The van der Waals surface area contributed by atoms with E-state index in [1.165, 1.54) is 0 Å². The van der Waals surface area contributed by atoms with Gasteiger partial charge in [0.1, 0.15) is 0 Å². The number of hydrogen-bond donors (Lipinski definition) is 2. The monoisotopic (exact) mass is 255 g/mol. The van der Waals surface area contributed by atoms with Crippen LogP contribution in [-0.2, 0) is 4.74 Å². The van der Waals surface area contributed by atoms with Crippen molar-refractivity contribution < 1.29 is 23.0 Å². The second-order valence-electron chi connectivity index (χ2n) is 4.86. The van der Waals surface area contributed by atoms with E-state index in [-0.39, 0.29) is 13.2 Å². The first kappa shape index (κ1) is 14.7. The van der Waals surface area contributed by atoms with Gasteiger partial charge in [-0.05, 0) is 18.8 Å². The Bertz CT molecular complexity index is 235. The molecule has 2 atom stereocenters. The van der Waals surface area contributed by atoms with Crippen molar-refractivity contribution >= 4 is 0 Å². The molecule has 102 valence electrons. The number of rotatable bonds is 5. The van der Waals surface area contributed by atoms with E-state index in [1.54, 1.807) is 0 Å². The number of alkyl halides is 3. The van der Waals surface area contributed by atoms with Crippen molar-refractivity contribution in [3.05, 3.63) is 0 Å². The first-order valence-corrected chi connectivity index (χ1v) is 5.93. The summed E-state index contributed by atoms with van der Waals surface area (Å²) in [4.78, 5) is 0. The maximum absolute atomic E-state index is 11.8. The molecule has 1 rings (SSSR count). The zero-order valence-electron chi connectivity index (χ0n) is 10.0. The molecule has 3 nitrogen and oxygen atoms in total. The Labute approximate surface area is 99.3 Å². The first-order chi connectivity index (χ1) is 7.87. The average molecular weight is 255 g/mol. The smallest absolute Gasteiger partial charge is 0.394 e. The standard InChI is InChI=1S/C11H20F3NO2/c1-9-3-2-4-10(7-9,8-16)15-5-6-17-11(12,13)14/h9,15-16H,2-8H2,1H3. The fourth-order valence-corrected chi connectivity index (χ4v) is 2.50. The SMILES string of the molecule is CC1CCCC(CO)(NCCOC(F)(F)F)C1. The van der Waals surface area contributed by atoms with Gasteiger partial charge in [-0.25, -0.2) is 0 Å². The molecule has 2 N–H and O–H groups in total. The lowest BCUT2D eigenvalue weighted by atomic mass is 9.77. The van der Waals surface area contributed by atoms with Crippen molar-refractivity contribution in [3.8, 4) is 0 Å². The third-order valence-corrected chi connectivity index (χ3v) is 3.26. The van der Waals surface area contributed by atoms with Crippen molar-refractivity contribution in [2.75, 3.05) is 19.8 Å². The molecule has 0 aliphatic heterocycles. The van der Waals surface area contributed by atoms with E-state index in [0.717, 1.165) is 25.7 Å². The molecule has 17 heavy (non-hydrogen) atoms. The Hall–Kier alpha value is -0.330. The van der Waals surface area contributed by atoms with E-state index in [4.69, 9.17) is 0 Å². The highest BCUT2D eigenvalue weighted by Gasteiger charge is 2.34. The van der Waals surface area contributed by atoms with Gasteiger partial charge in [-0.1, -0.05) is 19.8 Å². The molecular weight excluding hydrogens is 235 g/mol. The number of hydrogen-bond acceptors (Lipinski definition) is 3. The van der Waals surface area contributed by atoms with Gasteiger partial charge < -0.3 is 10.4 Å². The molecule has 0 amide bonds. The van der Waals surface area contributed by atoms with Crippen LogP contribution in [0, 0.1) is 5.92 Å². The first-order valence-electron chi connectivity index (χ1n) is 5.93. The Balaban J connectivity index is 2.31. The number of aliphatic hydroxyl groups excluding tert-OH is 1. The maximum Gasteiger partial charge on any atom is 0.522 e. The molecule has 1 fully saturated rings. The van der Waals surface area contributed by atoms with Gasteiger partial charge in [0.2, 0.25) is 0 Å². The molecule has 0 radical (unpaired) electrons. The van der Waals surface area contributed by atoms with Crippen LogP contribution in [0.25, 0.3) is 0 Å². The van der Waals surface area contributed by atoms with Gasteiger partial charge in [-0.2, -0.15) is 0 Å². The van der Waals surface area contributed by atoms with Crippen LogP contribution in [0.2, 0.25) is 0 Å². The van der Waals surface area contributed by atoms with E-state index in [0.29, 0.717) is 5.92 Å². The van der Waals surface area contributed by atoms with E-state index in [9.17, 15) is 18.3 Å². The molecule has 0 bridgehead atoms. The topological polar surface area (TPSA) is 41.5 Å². The van der Waals surface area contributed by atoms with Gasteiger partial charge in [0.15, 0.2) is 0 Å². The molecule has 2 unspecified atom stereocenters. The zero-order chi connectivity index (χ0) is 12.9. The highest BCUT2D eigenvalue weighted by Crippen LogP contribution is 2.31. The van der Waals surface area contributed by atoms with Crippen LogP contribution in [0.5, 0.6) is 0 Å². The van der Waals surface area contributed by atoms with E-state index < -0.39 is 18.5 Å². The lowest BCUT2D eigenvalue weighted by molar-refractivity contribution is -0.323. The number of nitrogens with one attached hydrogen (secondary N) is 1. The molecule has 0 saturated heterocycles. The molecule has 0 spiro atoms. The summed E-state index contributed by atoms with van der Waals surface area (Å²) in [6, 6.07) is 0. The Morgan fingerprint density at radius 3 is 2.71 bits per heavy atom. The summed E-state index contributed by atoms with van der Waals surface area (Å²) in [5, 5.41) is 12.4. The molecule has 0 aromatic carbocycles. The van der Waals surface area contributed by atoms with Crippen LogP contribution >= 0.6 is 0 Å². The second kappa shape index (κ2) is 6.02. The van der Waals surface area contributed by atoms with Crippen LogP contribution < -0.4 is 5.32 Å². The van der Waals surface area contributed by atoms with E-state index in [2.05, 4.69) is 17.0 Å². The van der Waals surface area contributed by atoms with Gasteiger partial charge in [0.05, 0.1) is 13.2 Å². The molecular formula is C11H20F3NO2. The highest BCUT2D eigenvalue weighted by atomic mass is 19.4. The van der Waals surface area contributed by atoms with Gasteiger partial charge in [-0.3, -0.25) is 4.74 Å². The van der Waals surface area contributed by atoms with Crippen LogP contribution in [-0.4, -0.2) is 36.8 Å². The van der Waals surface area contributed by atoms with Gasteiger partial charge >= 0.3 is 6.36 Å². The number of halogens is 3. The summed E-state index contributed by atoms with van der Waals surface area (Å²) >= 11 is 0. The minimum Gasteiger partial charge on any atom is -0.394 e. The van der Waals surface area contributed by atoms with Crippen molar-refractivity contribution in [2.45, 2.75) is 44.5 Å². The fourth-order valence-electron chi connectivity index (χ4n) is 2.50. The van der Waals surface area contributed by atoms with Crippen LogP contribution in [0.1, 0.15) is 32.6 Å². The number of ether oxygens (including phenoxy) is 1. The normalized spacial score (nSPS) is 30.5. The zero-order valence-corrected chi connectivity index (χ0v) is 10.0. The molecule has 1 saturated carbocycles. The molecule has 1 aliphatic rings. The van der Waals surface area contributed by atoms with Gasteiger partial charge in [0.25, 0.3) is 0 Å². The van der Waals surface area contributed by atoms with E-state index in [1.807, 2.05) is 0 Å². The Morgan fingerprint density at radius 2 is 2.18 bits per heavy atom. The summed E-state index contributed by atoms with van der Waals surface area (Å²) in [6.07, 6.45) is -0.860. The van der Waals surface area contributed by atoms with Crippen molar-refractivity contribution in [2.24, 2.45) is 5.92 Å². The number of aliphatic hydroxyl groups is 1. The lowest BCUT2D eigenvalue weighted by Crippen LogP contribution is -2.52. The largest absolute Gasteiger partial charge is 0.522 e. The average Bonchev–Trinajstić information content (AvgIpc) is 2.23. The summed E-state index contributed by atoms with van der Waals surface area (Å²) in [6.45, 7) is 1.74. The Kier molecular flexibility index (Phi) is 5.22. The highest BCUT2D eigenvalue weighted by molar-refractivity contribution is 4.92. The molecule has 0 heterocycles. The summed E-state index contributed by atoms with van der Waals surface area (Å²) < 4.78 is 39.0. The third kappa shape index (κ3) is 5.23. The minimum atomic E-state index is -4.58. The molecule has 1 aliphatic carbocycles. The van der Waals surface area contributed by atoms with Crippen molar-refractivity contribution in [1.82, 2.24) is 5.32 Å². The van der Waals surface area contributed by atoms with Crippen molar-refractivity contribution in [3.63, 3.8) is 0 Å². The lowest BCUT2D eigenvalue weighted by Gasteiger charge is -2.39. The summed E-state index contributed by atoms with van der Waals surface area (Å²) in [5.74, 6) is 0.493. The van der Waals surface area contributed by atoms with Crippen LogP contribution in [0.3, 0.4) is 0 Å². The third-order valence-electron chi connectivity index (χ3n) is 3.26. The van der Waals surface area contributed by atoms with Gasteiger partial charge in [0, 0.05) is 12.1 Å². The summed E-state index contributed by atoms with van der Waals surface area (Å²) in [5.41, 5.74) is -0.424.